The van der Waals surface area contributed by atoms with Gasteiger partial charge in [0.1, 0.15) is 73.9 Å². The molecule has 0 spiro atoms. The molecule has 0 saturated heterocycles. The standard InChI is InChI=1S/C36H30B8O/c37-29-25-22(16-7-2-1-3-8-16)26-28(32(40)36(44)34(42)30(26)38)23(27(25)31(39)35(43)33(29)41)17-11-12-20-19(14-17)24-18-9-5-4-6-15(18)10-13-21(24)45-20/h1-14H,37-44H2. The fraction of sp³-hybridized carbons (Fsp3) is 0. The number of furan rings is 1. The fourth-order valence-electron chi connectivity index (χ4n) is 8.01. The van der Waals surface area contributed by atoms with Crippen molar-refractivity contribution in [3.8, 4) is 22.3 Å². The first-order chi connectivity index (χ1) is 21.7. The first kappa shape index (κ1) is 28.1. The third-order valence-electron chi connectivity index (χ3n) is 11.1. The van der Waals surface area contributed by atoms with Crippen molar-refractivity contribution in [3.05, 3.63) is 84.9 Å². The number of fused-ring (bicyclic) bond motifs is 7. The first-order valence-electron chi connectivity index (χ1n) is 16.0. The molecule has 8 aromatic rings. The van der Waals surface area contributed by atoms with Gasteiger partial charge in [0.05, 0.1) is 0 Å². The molecule has 0 unspecified atom stereocenters. The smallest absolute Gasteiger partial charge is 0.139 e. The van der Waals surface area contributed by atoms with E-state index in [9.17, 15) is 0 Å². The Labute approximate surface area is 271 Å². The molecule has 0 fully saturated rings. The summed E-state index contributed by atoms with van der Waals surface area (Å²) in [5.74, 6) is 0. The molecule has 204 valence electrons. The van der Waals surface area contributed by atoms with Gasteiger partial charge in [-0.1, -0.05) is 88.6 Å². The molecule has 0 aliphatic rings. The Morgan fingerprint density at radius 1 is 0.356 bits per heavy atom. The summed E-state index contributed by atoms with van der Waals surface area (Å²) >= 11 is 0. The van der Waals surface area contributed by atoms with Crippen molar-refractivity contribution in [2.75, 3.05) is 0 Å². The maximum atomic E-state index is 6.46. The Hall–Kier alpha value is -4.36. The van der Waals surface area contributed by atoms with Crippen LogP contribution in [0.1, 0.15) is 0 Å². The van der Waals surface area contributed by atoms with Gasteiger partial charge in [-0.05, 0) is 72.8 Å². The first-order valence-corrected chi connectivity index (χ1v) is 16.0. The zero-order valence-corrected chi connectivity index (χ0v) is 27.5. The summed E-state index contributed by atoms with van der Waals surface area (Å²) < 4.78 is 6.46. The van der Waals surface area contributed by atoms with Gasteiger partial charge in [0.2, 0.25) is 0 Å². The third kappa shape index (κ3) is 3.86. The summed E-state index contributed by atoms with van der Waals surface area (Å²) in [4.78, 5) is 0. The van der Waals surface area contributed by atoms with Gasteiger partial charge >= 0.3 is 0 Å². The molecule has 0 amide bonds. The van der Waals surface area contributed by atoms with Crippen molar-refractivity contribution in [1.82, 2.24) is 0 Å². The molecule has 0 radical (unpaired) electrons. The predicted molar refractivity (Wildman–Crippen MR) is 223 cm³/mol. The van der Waals surface area contributed by atoms with Gasteiger partial charge in [0.25, 0.3) is 0 Å². The molecule has 8 rings (SSSR count). The van der Waals surface area contributed by atoms with Gasteiger partial charge in [-0.3, -0.25) is 0 Å². The van der Waals surface area contributed by atoms with Crippen LogP contribution >= 0.6 is 0 Å². The van der Waals surface area contributed by atoms with Crippen molar-refractivity contribution in [2.45, 2.75) is 0 Å². The molecule has 45 heavy (non-hydrogen) atoms. The van der Waals surface area contributed by atoms with Gasteiger partial charge < -0.3 is 4.42 Å². The number of hydrogen-bond donors (Lipinski definition) is 0. The molecule has 7 aromatic carbocycles. The molecule has 1 aromatic heterocycles. The maximum Gasteiger partial charge on any atom is 0.139 e. The highest BCUT2D eigenvalue weighted by Gasteiger charge is 2.25. The van der Waals surface area contributed by atoms with E-state index >= 15 is 0 Å². The van der Waals surface area contributed by atoms with Crippen molar-refractivity contribution in [3.63, 3.8) is 0 Å². The molecule has 1 heterocycles. The van der Waals surface area contributed by atoms with Gasteiger partial charge in [-0.2, -0.15) is 0 Å². The normalized spacial score (nSPS) is 11.8. The van der Waals surface area contributed by atoms with E-state index in [2.05, 4.69) is 148 Å². The van der Waals surface area contributed by atoms with E-state index in [0.29, 0.717) is 0 Å². The average Bonchev–Trinajstić information content (AvgIpc) is 3.45. The summed E-state index contributed by atoms with van der Waals surface area (Å²) in [7, 11) is 18.5. The minimum atomic E-state index is 0.930. The van der Waals surface area contributed by atoms with Gasteiger partial charge in [0.15, 0.2) is 0 Å². The van der Waals surface area contributed by atoms with Crippen LogP contribution < -0.4 is 43.7 Å². The molecular weight excluding hydrogens is 535 g/mol. The summed E-state index contributed by atoms with van der Waals surface area (Å²) in [6.45, 7) is 0. The SMILES string of the molecule is Bc1c(B)c(B)c2c(-c3ccc4oc5ccc6ccccc6c5c4c3)c3c(B)c(B)c(B)c(B)c3c(-c3ccccc3)c2c1B. The lowest BCUT2D eigenvalue weighted by Crippen LogP contribution is -2.50. The van der Waals surface area contributed by atoms with Crippen molar-refractivity contribution in [2.24, 2.45) is 0 Å². The van der Waals surface area contributed by atoms with Crippen LogP contribution in [-0.2, 0) is 0 Å². The second kappa shape index (κ2) is 10.1. The Balaban J connectivity index is 1.66. The molecule has 0 bridgehead atoms. The monoisotopic (exact) mass is 566 g/mol. The van der Waals surface area contributed by atoms with Crippen LogP contribution in [0.15, 0.2) is 89.3 Å². The quantitative estimate of drug-likeness (QED) is 0.157. The number of benzene rings is 7. The molecule has 0 aliphatic carbocycles. The lowest BCUT2D eigenvalue weighted by atomic mass is 9.59. The highest BCUT2D eigenvalue weighted by Crippen LogP contribution is 2.43. The van der Waals surface area contributed by atoms with E-state index in [0.717, 1.165) is 11.2 Å². The van der Waals surface area contributed by atoms with E-state index in [4.69, 9.17) is 4.42 Å². The highest BCUT2D eigenvalue weighted by atomic mass is 16.3. The topological polar surface area (TPSA) is 13.1 Å². The largest absolute Gasteiger partial charge is 0.456 e. The molecule has 9 heteroatoms. The molecule has 0 atom stereocenters. The fourth-order valence-corrected chi connectivity index (χ4v) is 8.01. The highest BCUT2D eigenvalue weighted by molar-refractivity contribution is 6.71. The Morgan fingerprint density at radius 2 is 0.844 bits per heavy atom. The van der Waals surface area contributed by atoms with Crippen LogP contribution in [0.25, 0.3) is 76.5 Å². The molecular formula is C36H30B8O. The zero-order valence-electron chi connectivity index (χ0n) is 27.5. The van der Waals surface area contributed by atoms with Crippen LogP contribution in [0, 0.1) is 0 Å². The summed E-state index contributed by atoms with van der Waals surface area (Å²) in [5.41, 5.74) is 18.0. The minimum absolute atomic E-state index is 0.930. The molecule has 0 saturated carbocycles. The molecule has 1 nitrogen and oxygen atoms in total. The summed E-state index contributed by atoms with van der Waals surface area (Å²) in [5, 5.41) is 10.3. The average molecular weight is 565 g/mol. The molecule has 0 N–H and O–H groups in total. The van der Waals surface area contributed by atoms with Crippen molar-refractivity contribution >= 4 is 161 Å². The summed E-state index contributed by atoms with van der Waals surface area (Å²) in [6.07, 6.45) is 0. The van der Waals surface area contributed by atoms with Crippen LogP contribution in [0.5, 0.6) is 0 Å². The Kier molecular flexibility index (Phi) is 6.30. The van der Waals surface area contributed by atoms with Crippen LogP contribution in [0.4, 0.5) is 0 Å². The van der Waals surface area contributed by atoms with Gasteiger partial charge in [-0.15, -0.1) is 21.9 Å². The maximum absolute atomic E-state index is 6.46. The number of rotatable bonds is 2. The minimum Gasteiger partial charge on any atom is -0.456 e. The molecule has 0 aliphatic heterocycles. The van der Waals surface area contributed by atoms with Crippen LogP contribution in [0.3, 0.4) is 0 Å². The van der Waals surface area contributed by atoms with Gasteiger partial charge in [0, 0.05) is 10.8 Å². The number of hydrogen-bond acceptors (Lipinski definition) is 1. The van der Waals surface area contributed by atoms with E-state index in [-0.39, 0.29) is 0 Å². The van der Waals surface area contributed by atoms with Crippen LogP contribution in [0.2, 0.25) is 0 Å². The van der Waals surface area contributed by atoms with E-state index < -0.39 is 0 Å². The third-order valence-corrected chi connectivity index (χ3v) is 11.1. The van der Waals surface area contributed by atoms with Crippen LogP contribution in [-0.4, -0.2) is 62.8 Å². The summed E-state index contributed by atoms with van der Waals surface area (Å²) in [6, 6.07) is 30.9. The second-order valence-electron chi connectivity index (χ2n) is 13.1. The predicted octanol–water partition coefficient (Wildman–Crippen LogP) is -3.55. The van der Waals surface area contributed by atoms with Crippen molar-refractivity contribution in [1.29, 1.82) is 0 Å². The van der Waals surface area contributed by atoms with Gasteiger partial charge in [-0.25, -0.2) is 0 Å². The Bertz CT molecular complexity index is 2490. The second-order valence-corrected chi connectivity index (χ2v) is 13.1. The lowest BCUT2D eigenvalue weighted by Gasteiger charge is -2.28. The Morgan fingerprint density at radius 3 is 1.42 bits per heavy atom. The lowest BCUT2D eigenvalue weighted by molar-refractivity contribution is 0.669. The van der Waals surface area contributed by atoms with E-state index in [1.807, 2.05) is 0 Å². The van der Waals surface area contributed by atoms with E-state index in [1.165, 1.54) is 109 Å². The van der Waals surface area contributed by atoms with E-state index in [1.54, 1.807) is 0 Å². The van der Waals surface area contributed by atoms with Crippen molar-refractivity contribution < 1.29 is 4.42 Å². The zero-order chi connectivity index (χ0) is 31.3.